The van der Waals surface area contributed by atoms with Gasteiger partial charge in [-0.25, -0.2) is 4.79 Å². The van der Waals surface area contributed by atoms with Crippen LogP contribution >= 0.6 is 0 Å². The van der Waals surface area contributed by atoms with E-state index in [1.807, 2.05) is 20.8 Å². The predicted octanol–water partition coefficient (Wildman–Crippen LogP) is -0.730. The fourth-order valence-corrected chi connectivity index (χ4v) is 2.43. The number of rotatable bonds is 21. The molecule has 0 aliphatic carbocycles. The summed E-state index contributed by atoms with van der Waals surface area (Å²) in [6.07, 6.45) is -0.0649. The van der Waals surface area contributed by atoms with Gasteiger partial charge in [0.2, 0.25) is 17.7 Å². The van der Waals surface area contributed by atoms with Crippen molar-refractivity contribution in [3.05, 3.63) is 0 Å². The Kier molecular flexibility index (Phi) is 18.1. The number of ether oxygens (including phenoxy) is 4. The molecule has 0 fully saturated rings. The van der Waals surface area contributed by atoms with Crippen molar-refractivity contribution < 1.29 is 48.0 Å². The van der Waals surface area contributed by atoms with Crippen LogP contribution in [0.25, 0.3) is 0 Å². The van der Waals surface area contributed by atoms with Gasteiger partial charge in [-0.3, -0.25) is 19.2 Å². The maximum atomic E-state index is 11.7. The molecule has 0 saturated heterocycles. The third-order valence-electron chi connectivity index (χ3n) is 4.52. The molecule has 0 rings (SSSR count). The lowest BCUT2D eigenvalue weighted by Crippen LogP contribution is -2.40. The first-order valence-electron chi connectivity index (χ1n) is 11.8. The molecule has 13 nitrogen and oxygen atoms in total. The number of ketones is 1. The van der Waals surface area contributed by atoms with Gasteiger partial charge in [-0.2, -0.15) is 0 Å². The number of aliphatic carboxylic acids is 1. The second-order valence-electron chi connectivity index (χ2n) is 8.83. The first-order valence-corrected chi connectivity index (χ1v) is 11.8. The maximum Gasteiger partial charge on any atom is 0.326 e. The first-order chi connectivity index (χ1) is 16.9. The molecule has 0 spiro atoms. The minimum absolute atomic E-state index is 0.0160. The van der Waals surface area contributed by atoms with E-state index in [9.17, 15) is 24.0 Å². The van der Waals surface area contributed by atoms with Gasteiger partial charge in [-0.1, -0.05) is 20.8 Å². The molecular weight excluding hydrogens is 478 g/mol. The molecule has 3 amide bonds. The molecule has 0 unspecified atom stereocenters. The standard InChI is InChI=1S/C23H41N3O10/c1-17(27)26-18(22(31)32)5-6-20(29)24-7-9-33-12-14-36-16-21(30)25-8-10-34-11-13-35-15-19(28)23(2,3)4/h18H,5-16H2,1-4H3,(H,24,29)(H,25,30)(H,26,27)(H,31,32)/t18-/m0/s1. The molecule has 0 aromatic carbocycles. The average molecular weight is 520 g/mol. The van der Waals surface area contributed by atoms with Gasteiger partial charge in [-0.05, 0) is 6.42 Å². The van der Waals surface area contributed by atoms with E-state index in [1.54, 1.807) is 0 Å². The van der Waals surface area contributed by atoms with Crippen LogP contribution in [0.15, 0.2) is 0 Å². The normalized spacial score (nSPS) is 12.0. The topological polar surface area (TPSA) is 179 Å². The van der Waals surface area contributed by atoms with Gasteiger partial charge in [0.15, 0.2) is 5.78 Å². The molecule has 0 aromatic heterocycles. The number of carboxylic acid groups (broad SMARTS) is 1. The highest BCUT2D eigenvalue weighted by Gasteiger charge is 2.21. The lowest BCUT2D eigenvalue weighted by atomic mass is 9.91. The van der Waals surface area contributed by atoms with Crippen LogP contribution in [-0.2, 0) is 42.9 Å². The Morgan fingerprint density at radius 3 is 1.75 bits per heavy atom. The van der Waals surface area contributed by atoms with E-state index in [2.05, 4.69) is 16.0 Å². The Morgan fingerprint density at radius 1 is 0.750 bits per heavy atom. The smallest absolute Gasteiger partial charge is 0.326 e. The predicted molar refractivity (Wildman–Crippen MR) is 128 cm³/mol. The Bertz CT molecular complexity index is 694. The fraction of sp³-hybridized carbons (Fsp3) is 0.783. The van der Waals surface area contributed by atoms with Gasteiger partial charge in [0.25, 0.3) is 0 Å². The fourth-order valence-electron chi connectivity index (χ4n) is 2.43. The van der Waals surface area contributed by atoms with E-state index in [1.165, 1.54) is 6.92 Å². The zero-order valence-corrected chi connectivity index (χ0v) is 21.7. The summed E-state index contributed by atoms with van der Waals surface area (Å²) in [6, 6.07) is -1.11. The summed E-state index contributed by atoms with van der Waals surface area (Å²) in [4.78, 5) is 57.0. The summed E-state index contributed by atoms with van der Waals surface area (Å²) >= 11 is 0. The third-order valence-corrected chi connectivity index (χ3v) is 4.52. The molecule has 208 valence electrons. The van der Waals surface area contributed by atoms with E-state index in [0.29, 0.717) is 26.4 Å². The number of carboxylic acids is 1. The van der Waals surface area contributed by atoms with Crippen LogP contribution < -0.4 is 16.0 Å². The van der Waals surface area contributed by atoms with Crippen molar-refractivity contribution in [2.45, 2.75) is 46.6 Å². The average Bonchev–Trinajstić information content (AvgIpc) is 2.78. The van der Waals surface area contributed by atoms with Crippen molar-refractivity contribution in [1.29, 1.82) is 0 Å². The van der Waals surface area contributed by atoms with Crippen LogP contribution in [-0.4, -0.2) is 107 Å². The second-order valence-corrected chi connectivity index (χ2v) is 8.83. The molecule has 0 aliphatic rings. The Hall–Kier alpha value is -2.61. The zero-order chi connectivity index (χ0) is 27.4. The Morgan fingerprint density at radius 2 is 1.25 bits per heavy atom. The van der Waals surface area contributed by atoms with Gasteiger partial charge in [0.1, 0.15) is 19.3 Å². The van der Waals surface area contributed by atoms with Crippen LogP contribution in [0.2, 0.25) is 0 Å². The van der Waals surface area contributed by atoms with Gasteiger partial charge in [0, 0.05) is 31.8 Å². The molecule has 0 heterocycles. The Balaban J connectivity index is 3.54. The number of hydrogen-bond acceptors (Lipinski definition) is 9. The monoisotopic (exact) mass is 519 g/mol. The summed E-state index contributed by atoms with van der Waals surface area (Å²) in [7, 11) is 0. The van der Waals surface area contributed by atoms with Crippen molar-refractivity contribution >= 4 is 29.5 Å². The molecule has 0 bridgehead atoms. The number of amides is 3. The summed E-state index contributed by atoms with van der Waals surface area (Å²) in [5.74, 6) is -2.30. The van der Waals surface area contributed by atoms with Crippen molar-refractivity contribution in [3.8, 4) is 0 Å². The van der Waals surface area contributed by atoms with Crippen molar-refractivity contribution in [1.82, 2.24) is 16.0 Å². The minimum Gasteiger partial charge on any atom is -0.480 e. The van der Waals surface area contributed by atoms with E-state index < -0.39 is 23.3 Å². The summed E-state index contributed by atoms with van der Waals surface area (Å²) in [5.41, 5.74) is -0.426. The van der Waals surface area contributed by atoms with E-state index >= 15 is 0 Å². The van der Waals surface area contributed by atoms with Crippen molar-refractivity contribution in [2.75, 3.05) is 65.9 Å². The number of carbonyl (C=O) groups is 5. The van der Waals surface area contributed by atoms with Gasteiger partial charge < -0.3 is 40.0 Å². The SMILES string of the molecule is CC(=O)N[C@@H](CCC(=O)NCCOCCOCC(=O)NCCOCCOCC(=O)C(C)(C)C)C(=O)O. The highest BCUT2D eigenvalue weighted by molar-refractivity contribution is 5.84. The number of carbonyl (C=O) groups excluding carboxylic acids is 4. The quantitative estimate of drug-likeness (QED) is 0.141. The minimum atomic E-state index is -1.20. The largest absolute Gasteiger partial charge is 0.480 e. The lowest BCUT2D eigenvalue weighted by Gasteiger charge is -2.16. The Labute approximate surface area is 211 Å². The summed E-state index contributed by atoms with van der Waals surface area (Å²) in [5, 5.41) is 16.5. The third kappa shape index (κ3) is 19.7. The van der Waals surface area contributed by atoms with Crippen molar-refractivity contribution in [3.63, 3.8) is 0 Å². The van der Waals surface area contributed by atoms with Crippen LogP contribution in [0.3, 0.4) is 0 Å². The van der Waals surface area contributed by atoms with Crippen LogP contribution in [0.4, 0.5) is 0 Å². The van der Waals surface area contributed by atoms with E-state index in [4.69, 9.17) is 24.1 Å². The highest BCUT2D eigenvalue weighted by Crippen LogP contribution is 2.14. The number of Topliss-reactive ketones (excluding diaryl/α,β-unsaturated/α-hetero) is 1. The summed E-state index contributed by atoms with van der Waals surface area (Å²) in [6.45, 7) is 8.75. The van der Waals surface area contributed by atoms with Gasteiger partial charge >= 0.3 is 5.97 Å². The van der Waals surface area contributed by atoms with Crippen LogP contribution in [0.1, 0.15) is 40.5 Å². The molecule has 0 saturated carbocycles. The molecule has 13 heteroatoms. The number of nitrogens with one attached hydrogen (secondary N) is 3. The molecule has 0 radical (unpaired) electrons. The number of hydrogen-bond donors (Lipinski definition) is 4. The van der Waals surface area contributed by atoms with E-state index in [-0.39, 0.29) is 70.0 Å². The molecule has 1 atom stereocenters. The molecule has 36 heavy (non-hydrogen) atoms. The van der Waals surface area contributed by atoms with Gasteiger partial charge in [0.05, 0.1) is 39.6 Å². The molecule has 4 N–H and O–H groups in total. The summed E-state index contributed by atoms with van der Waals surface area (Å²) < 4.78 is 21.1. The maximum absolute atomic E-state index is 11.7. The molecule has 0 aliphatic heterocycles. The highest BCUT2D eigenvalue weighted by atomic mass is 16.5. The lowest BCUT2D eigenvalue weighted by molar-refractivity contribution is -0.142. The van der Waals surface area contributed by atoms with Crippen LogP contribution in [0, 0.1) is 5.41 Å². The van der Waals surface area contributed by atoms with E-state index in [0.717, 1.165) is 0 Å². The zero-order valence-electron chi connectivity index (χ0n) is 21.7. The van der Waals surface area contributed by atoms with Crippen molar-refractivity contribution in [2.24, 2.45) is 5.41 Å². The van der Waals surface area contributed by atoms with Gasteiger partial charge in [-0.15, -0.1) is 0 Å². The second kappa shape index (κ2) is 19.6. The first kappa shape index (κ1) is 33.4. The van der Waals surface area contributed by atoms with Crippen LogP contribution in [0.5, 0.6) is 0 Å². The molecule has 0 aromatic rings. The molecular formula is C23H41N3O10.